The number of amides is 1. The zero-order valence-electron chi connectivity index (χ0n) is 15.3. The predicted molar refractivity (Wildman–Crippen MR) is 105 cm³/mol. The first-order valence-electron chi connectivity index (χ1n) is 9.08. The van der Waals surface area contributed by atoms with Crippen LogP contribution in [-0.4, -0.2) is 30.0 Å². The van der Waals surface area contributed by atoms with Gasteiger partial charge in [-0.15, -0.1) is 0 Å². The number of esters is 1. The molecule has 1 N–H and O–H groups in total. The van der Waals surface area contributed by atoms with E-state index in [1.807, 2.05) is 60.7 Å². The lowest BCUT2D eigenvalue weighted by Gasteiger charge is -2.10. The van der Waals surface area contributed by atoms with Gasteiger partial charge in [-0.1, -0.05) is 48.5 Å². The number of carbonyl (C=O) groups is 2. The molecule has 0 saturated carbocycles. The van der Waals surface area contributed by atoms with Crippen molar-refractivity contribution in [2.45, 2.75) is 19.8 Å². The van der Waals surface area contributed by atoms with Gasteiger partial charge in [0, 0.05) is 23.9 Å². The summed E-state index contributed by atoms with van der Waals surface area (Å²) >= 11 is 0. The molecule has 0 aliphatic carbocycles. The van der Waals surface area contributed by atoms with Crippen molar-refractivity contribution in [2.24, 2.45) is 0 Å². The van der Waals surface area contributed by atoms with E-state index in [1.165, 1.54) is 0 Å². The second-order valence-corrected chi connectivity index (χ2v) is 6.10. The Morgan fingerprint density at radius 3 is 2.56 bits per heavy atom. The Morgan fingerprint density at radius 1 is 1.04 bits per heavy atom. The Bertz CT molecular complexity index is 939. The van der Waals surface area contributed by atoms with Crippen molar-refractivity contribution < 1.29 is 14.3 Å². The summed E-state index contributed by atoms with van der Waals surface area (Å²) < 4.78 is 4.90. The number of ether oxygens (including phenoxy) is 1. The van der Waals surface area contributed by atoms with Crippen LogP contribution in [-0.2, 0) is 9.53 Å². The van der Waals surface area contributed by atoms with Gasteiger partial charge in [-0.2, -0.15) is 0 Å². The standard InChI is InChI=1S/C22H22N2O3/c1-2-27-21(25)13-8-14-23-22(26)18-15-20(16-9-4-3-5-10-16)24-19-12-7-6-11-17(18)19/h3-7,9-12,15H,2,8,13-14H2,1H3,(H,23,26). The molecule has 2 aromatic carbocycles. The first-order valence-corrected chi connectivity index (χ1v) is 9.08. The van der Waals surface area contributed by atoms with Crippen molar-refractivity contribution in [1.82, 2.24) is 10.3 Å². The van der Waals surface area contributed by atoms with Gasteiger partial charge in [0.1, 0.15) is 0 Å². The third-order valence-electron chi connectivity index (χ3n) is 4.18. The summed E-state index contributed by atoms with van der Waals surface area (Å²) in [5, 5.41) is 3.70. The van der Waals surface area contributed by atoms with Crippen LogP contribution in [0.1, 0.15) is 30.1 Å². The minimum atomic E-state index is -0.243. The predicted octanol–water partition coefficient (Wildman–Crippen LogP) is 3.97. The first kappa shape index (κ1) is 18.6. The summed E-state index contributed by atoms with van der Waals surface area (Å²) in [6.45, 7) is 2.56. The normalized spacial score (nSPS) is 10.6. The van der Waals surface area contributed by atoms with Crippen LogP contribution in [0.2, 0.25) is 0 Å². The quantitative estimate of drug-likeness (QED) is 0.510. The number of hydrogen-bond donors (Lipinski definition) is 1. The highest BCUT2D eigenvalue weighted by Crippen LogP contribution is 2.24. The molecule has 3 aromatic rings. The maximum Gasteiger partial charge on any atom is 0.305 e. The summed E-state index contributed by atoms with van der Waals surface area (Å²) in [6, 6.07) is 19.2. The van der Waals surface area contributed by atoms with Gasteiger partial charge in [0.2, 0.25) is 0 Å². The summed E-state index contributed by atoms with van der Waals surface area (Å²) in [6.07, 6.45) is 0.833. The fraction of sp³-hybridized carbons (Fsp3) is 0.227. The number of para-hydroxylation sites is 1. The Labute approximate surface area is 158 Å². The topological polar surface area (TPSA) is 68.3 Å². The van der Waals surface area contributed by atoms with Gasteiger partial charge in [0.05, 0.1) is 23.4 Å². The van der Waals surface area contributed by atoms with E-state index in [9.17, 15) is 9.59 Å². The monoisotopic (exact) mass is 362 g/mol. The van der Waals surface area contributed by atoms with Gasteiger partial charge in [-0.05, 0) is 25.5 Å². The third-order valence-corrected chi connectivity index (χ3v) is 4.18. The SMILES string of the molecule is CCOC(=O)CCCNC(=O)c1cc(-c2ccccc2)nc2ccccc12. The third kappa shape index (κ3) is 4.70. The summed E-state index contributed by atoms with van der Waals surface area (Å²) in [4.78, 5) is 28.8. The van der Waals surface area contributed by atoms with Gasteiger partial charge < -0.3 is 10.1 Å². The van der Waals surface area contributed by atoms with Crippen LogP contribution in [0.5, 0.6) is 0 Å². The van der Waals surface area contributed by atoms with Crippen molar-refractivity contribution in [2.75, 3.05) is 13.2 Å². The lowest BCUT2D eigenvalue weighted by atomic mass is 10.0. The lowest BCUT2D eigenvalue weighted by molar-refractivity contribution is -0.143. The van der Waals surface area contributed by atoms with Gasteiger partial charge in [-0.25, -0.2) is 4.98 Å². The molecule has 5 heteroatoms. The molecule has 1 aromatic heterocycles. The fourth-order valence-electron chi connectivity index (χ4n) is 2.88. The molecule has 1 heterocycles. The molecule has 0 aliphatic rings. The smallest absolute Gasteiger partial charge is 0.305 e. The molecule has 0 radical (unpaired) electrons. The van der Waals surface area contributed by atoms with Crippen LogP contribution in [0.3, 0.4) is 0 Å². The van der Waals surface area contributed by atoms with E-state index in [1.54, 1.807) is 6.92 Å². The number of pyridine rings is 1. The van der Waals surface area contributed by atoms with E-state index >= 15 is 0 Å². The molecule has 0 aliphatic heterocycles. The van der Waals surface area contributed by atoms with Crippen LogP contribution < -0.4 is 5.32 Å². The van der Waals surface area contributed by atoms with Crippen LogP contribution >= 0.6 is 0 Å². The number of nitrogens with one attached hydrogen (secondary N) is 1. The van der Waals surface area contributed by atoms with E-state index in [0.29, 0.717) is 31.6 Å². The highest BCUT2D eigenvalue weighted by atomic mass is 16.5. The number of nitrogens with zero attached hydrogens (tertiary/aromatic N) is 1. The molecule has 5 nitrogen and oxygen atoms in total. The number of benzene rings is 2. The van der Waals surface area contributed by atoms with Crippen molar-refractivity contribution in [1.29, 1.82) is 0 Å². The molecule has 0 spiro atoms. The minimum absolute atomic E-state index is 0.172. The molecule has 3 rings (SSSR count). The van der Waals surface area contributed by atoms with Crippen LogP contribution in [0.15, 0.2) is 60.7 Å². The minimum Gasteiger partial charge on any atom is -0.466 e. The summed E-state index contributed by atoms with van der Waals surface area (Å²) in [7, 11) is 0. The zero-order valence-corrected chi connectivity index (χ0v) is 15.3. The lowest BCUT2D eigenvalue weighted by Crippen LogP contribution is -2.25. The Kier molecular flexibility index (Phi) is 6.15. The van der Waals surface area contributed by atoms with Gasteiger partial charge in [0.15, 0.2) is 0 Å². The average Bonchev–Trinajstić information content (AvgIpc) is 2.71. The first-order chi connectivity index (χ1) is 13.2. The summed E-state index contributed by atoms with van der Waals surface area (Å²) in [5.74, 6) is -0.415. The molecule has 27 heavy (non-hydrogen) atoms. The van der Waals surface area contributed by atoms with E-state index < -0.39 is 0 Å². The molecule has 0 fully saturated rings. The maximum absolute atomic E-state index is 12.8. The molecule has 0 atom stereocenters. The highest BCUT2D eigenvalue weighted by Gasteiger charge is 2.13. The van der Waals surface area contributed by atoms with E-state index in [4.69, 9.17) is 4.74 Å². The van der Waals surface area contributed by atoms with Gasteiger partial charge in [-0.3, -0.25) is 9.59 Å². The van der Waals surface area contributed by atoms with Crippen molar-refractivity contribution in [3.63, 3.8) is 0 Å². The van der Waals surface area contributed by atoms with E-state index in [-0.39, 0.29) is 11.9 Å². The number of fused-ring (bicyclic) bond motifs is 1. The van der Waals surface area contributed by atoms with Gasteiger partial charge in [0.25, 0.3) is 5.91 Å². The number of rotatable bonds is 7. The van der Waals surface area contributed by atoms with Crippen molar-refractivity contribution in [3.05, 3.63) is 66.2 Å². The molecule has 1 amide bonds. The van der Waals surface area contributed by atoms with E-state index in [2.05, 4.69) is 10.3 Å². The second-order valence-electron chi connectivity index (χ2n) is 6.10. The summed E-state index contributed by atoms with van der Waals surface area (Å²) in [5.41, 5.74) is 3.07. The Hall–Kier alpha value is -3.21. The molecular weight excluding hydrogens is 340 g/mol. The van der Waals surface area contributed by atoms with Crippen LogP contribution in [0.25, 0.3) is 22.2 Å². The van der Waals surface area contributed by atoms with Crippen LogP contribution in [0.4, 0.5) is 0 Å². The van der Waals surface area contributed by atoms with Gasteiger partial charge >= 0.3 is 5.97 Å². The molecule has 0 saturated heterocycles. The Morgan fingerprint density at radius 2 is 1.78 bits per heavy atom. The largest absolute Gasteiger partial charge is 0.466 e. The number of hydrogen-bond acceptors (Lipinski definition) is 4. The van der Waals surface area contributed by atoms with Crippen LogP contribution in [0, 0.1) is 0 Å². The number of carbonyl (C=O) groups excluding carboxylic acids is 2. The maximum atomic E-state index is 12.8. The van der Waals surface area contributed by atoms with Crippen molar-refractivity contribution in [3.8, 4) is 11.3 Å². The second kappa shape index (κ2) is 8.94. The molecular formula is C22H22N2O3. The number of aromatic nitrogens is 1. The average molecular weight is 362 g/mol. The Balaban J connectivity index is 1.80. The molecule has 138 valence electrons. The highest BCUT2D eigenvalue weighted by molar-refractivity contribution is 6.07. The molecule has 0 unspecified atom stereocenters. The fourth-order valence-corrected chi connectivity index (χ4v) is 2.88. The molecule has 0 bridgehead atoms. The van der Waals surface area contributed by atoms with Crippen molar-refractivity contribution >= 4 is 22.8 Å². The van der Waals surface area contributed by atoms with E-state index in [0.717, 1.165) is 22.2 Å². The zero-order chi connectivity index (χ0) is 19.1.